The summed E-state index contributed by atoms with van der Waals surface area (Å²) in [5.74, 6) is 1.51. The van der Waals surface area contributed by atoms with E-state index in [9.17, 15) is 9.90 Å². The van der Waals surface area contributed by atoms with Gasteiger partial charge in [0.1, 0.15) is 23.6 Å². The van der Waals surface area contributed by atoms with Crippen LogP contribution in [-0.4, -0.2) is 43.7 Å². The summed E-state index contributed by atoms with van der Waals surface area (Å²) in [6.45, 7) is 2.23. The van der Waals surface area contributed by atoms with Gasteiger partial charge in [-0.2, -0.15) is 4.98 Å². The largest absolute Gasteiger partial charge is 0.493 e. The number of benzene rings is 2. The maximum atomic E-state index is 12.9. The van der Waals surface area contributed by atoms with Crippen LogP contribution >= 0.6 is 11.6 Å². The highest BCUT2D eigenvalue weighted by molar-refractivity contribution is 6.30. The Hall–Kier alpha value is -3.95. The van der Waals surface area contributed by atoms with E-state index >= 15 is 0 Å². The molecule has 0 aliphatic carbocycles. The number of carbonyl (C=O) groups excluding carboxylic acids is 1. The number of aliphatic hydroxyl groups excluding tert-OH is 1. The number of para-hydroxylation sites is 1. The number of hydrogen-bond acceptors (Lipinski definition) is 7. The standard InChI is InChI=1S/C26H25ClN6O3/c1-16-12-28-26(31-20-9-10-36-23-8-3-2-7-19(20)23)32-24(16)33-13-21(29-15-33)25(35)30-22(14-34)17-5-4-6-18(27)11-17/h2-8,11-13,15,20,22,34H,9-10,14H2,1H3,(H,30,35)(H,28,31,32)/t20?,22-/m1/s1. The lowest BCUT2D eigenvalue weighted by Gasteiger charge is -2.26. The van der Waals surface area contributed by atoms with E-state index in [0.717, 1.165) is 23.3 Å². The third-order valence-corrected chi connectivity index (χ3v) is 6.24. The molecule has 3 N–H and O–H groups in total. The van der Waals surface area contributed by atoms with Crippen LogP contribution in [-0.2, 0) is 0 Å². The van der Waals surface area contributed by atoms with Gasteiger partial charge in [0.2, 0.25) is 5.95 Å². The molecule has 5 rings (SSSR count). The fourth-order valence-electron chi connectivity index (χ4n) is 4.16. The van der Waals surface area contributed by atoms with Crippen molar-refractivity contribution >= 4 is 23.5 Å². The Morgan fingerprint density at radius 3 is 2.94 bits per heavy atom. The van der Waals surface area contributed by atoms with E-state index in [1.807, 2.05) is 31.2 Å². The molecule has 2 aromatic heterocycles. The van der Waals surface area contributed by atoms with Gasteiger partial charge in [-0.05, 0) is 30.7 Å². The van der Waals surface area contributed by atoms with Gasteiger partial charge in [-0.15, -0.1) is 0 Å². The molecule has 9 nitrogen and oxygen atoms in total. The Labute approximate surface area is 213 Å². The van der Waals surface area contributed by atoms with Crippen LogP contribution in [0.5, 0.6) is 5.75 Å². The lowest BCUT2D eigenvalue weighted by Crippen LogP contribution is -2.31. The lowest BCUT2D eigenvalue weighted by molar-refractivity contribution is 0.0911. The van der Waals surface area contributed by atoms with Gasteiger partial charge in [-0.1, -0.05) is 41.9 Å². The molecule has 10 heteroatoms. The average Bonchev–Trinajstić information content (AvgIpc) is 3.39. The zero-order valence-electron chi connectivity index (χ0n) is 19.6. The summed E-state index contributed by atoms with van der Waals surface area (Å²) in [6.07, 6.45) is 5.66. The second-order valence-corrected chi connectivity index (χ2v) is 8.94. The Morgan fingerprint density at radius 1 is 1.25 bits per heavy atom. The van der Waals surface area contributed by atoms with Crippen LogP contribution in [0.4, 0.5) is 5.95 Å². The minimum atomic E-state index is -0.611. The number of halogens is 1. The molecule has 3 heterocycles. The number of aromatic nitrogens is 4. The van der Waals surface area contributed by atoms with Crippen molar-refractivity contribution in [2.45, 2.75) is 25.4 Å². The number of amides is 1. The van der Waals surface area contributed by atoms with Gasteiger partial charge in [-0.25, -0.2) is 9.97 Å². The second kappa shape index (κ2) is 10.3. The highest BCUT2D eigenvalue weighted by Gasteiger charge is 2.22. The summed E-state index contributed by atoms with van der Waals surface area (Å²) in [4.78, 5) is 26.3. The zero-order valence-corrected chi connectivity index (χ0v) is 20.3. The van der Waals surface area contributed by atoms with Crippen LogP contribution in [0, 0.1) is 6.92 Å². The fraction of sp³-hybridized carbons (Fsp3) is 0.231. The predicted octanol–water partition coefficient (Wildman–Crippen LogP) is 4.02. The number of carbonyl (C=O) groups is 1. The van der Waals surface area contributed by atoms with E-state index in [0.29, 0.717) is 29.0 Å². The van der Waals surface area contributed by atoms with E-state index in [2.05, 4.69) is 20.6 Å². The third-order valence-electron chi connectivity index (χ3n) is 6.01. The Kier molecular flexibility index (Phi) is 6.84. The molecule has 0 fully saturated rings. The van der Waals surface area contributed by atoms with Gasteiger partial charge < -0.3 is 20.5 Å². The maximum absolute atomic E-state index is 12.9. The lowest BCUT2D eigenvalue weighted by atomic mass is 10.0. The number of anilines is 1. The van der Waals surface area contributed by atoms with Crippen molar-refractivity contribution in [3.8, 4) is 11.6 Å². The Bertz CT molecular complexity index is 1390. The number of nitrogens with one attached hydrogen (secondary N) is 2. The smallest absolute Gasteiger partial charge is 0.272 e. The molecule has 0 bridgehead atoms. The molecule has 1 aliphatic rings. The van der Waals surface area contributed by atoms with Gasteiger partial charge in [0.15, 0.2) is 0 Å². The van der Waals surface area contributed by atoms with E-state index in [1.54, 1.807) is 41.2 Å². The predicted molar refractivity (Wildman–Crippen MR) is 136 cm³/mol. The molecule has 36 heavy (non-hydrogen) atoms. The van der Waals surface area contributed by atoms with E-state index in [1.165, 1.54) is 6.33 Å². The maximum Gasteiger partial charge on any atom is 0.272 e. The van der Waals surface area contributed by atoms with Crippen molar-refractivity contribution in [1.29, 1.82) is 0 Å². The molecule has 0 saturated carbocycles. The van der Waals surface area contributed by atoms with Crippen LogP contribution in [0.2, 0.25) is 5.02 Å². The van der Waals surface area contributed by atoms with Crippen LogP contribution in [0.15, 0.2) is 67.3 Å². The third kappa shape index (κ3) is 5.02. The summed E-state index contributed by atoms with van der Waals surface area (Å²) in [5, 5.41) is 16.5. The van der Waals surface area contributed by atoms with E-state index < -0.39 is 11.9 Å². The molecule has 0 spiro atoms. The fourth-order valence-corrected chi connectivity index (χ4v) is 4.36. The van der Waals surface area contributed by atoms with Crippen LogP contribution in [0.25, 0.3) is 5.82 Å². The average molecular weight is 505 g/mol. The number of fused-ring (bicyclic) bond motifs is 1. The van der Waals surface area contributed by atoms with Gasteiger partial charge in [-0.3, -0.25) is 9.36 Å². The first-order valence-electron chi connectivity index (χ1n) is 11.6. The number of aliphatic hydroxyl groups is 1. The number of ether oxygens (including phenoxy) is 1. The second-order valence-electron chi connectivity index (χ2n) is 8.50. The van der Waals surface area contributed by atoms with E-state index in [-0.39, 0.29) is 18.3 Å². The molecule has 4 aromatic rings. The first-order valence-corrected chi connectivity index (χ1v) is 11.9. The minimum Gasteiger partial charge on any atom is -0.493 e. The normalized spacial score (nSPS) is 15.5. The quantitative estimate of drug-likeness (QED) is 0.348. The SMILES string of the molecule is Cc1cnc(NC2CCOc3ccccc32)nc1-n1cnc(C(=O)N[C@H](CO)c2cccc(Cl)c2)c1. The molecule has 2 atom stereocenters. The number of hydrogen-bond donors (Lipinski definition) is 3. The first-order chi connectivity index (χ1) is 17.5. The first kappa shape index (κ1) is 23.8. The monoisotopic (exact) mass is 504 g/mol. The van der Waals surface area contributed by atoms with Crippen LogP contribution < -0.4 is 15.4 Å². The zero-order chi connectivity index (χ0) is 25.1. The molecule has 184 valence electrons. The molecular formula is C26H25ClN6O3. The van der Waals surface area contributed by atoms with Crippen molar-refractivity contribution in [1.82, 2.24) is 24.8 Å². The summed E-state index contributed by atoms with van der Waals surface area (Å²) in [5.41, 5.74) is 2.79. The molecular weight excluding hydrogens is 480 g/mol. The van der Waals surface area contributed by atoms with Crippen molar-refractivity contribution in [3.05, 3.63) is 94.7 Å². The summed E-state index contributed by atoms with van der Waals surface area (Å²) in [7, 11) is 0. The summed E-state index contributed by atoms with van der Waals surface area (Å²) < 4.78 is 7.43. The van der Waals surface area contributed by atoms with E-state index in [4.69, 9.17) is 21.3 Å². The highest BCUT2D eigenvalue weighted by atomic mass is 35.5. The molecule has 0 radical (unpaired) electrons. The van der Waals surface area contributed by atoms with Crippen molar-refractivity contribution in [2.75, 3.05) is 18.5 Å². The molecule has 0 saturated heterocycles. The number of imidazole rings is 1. The van der Waals surface area contributed by atoms with Crippen LogP contribution in [0.3, 0.4) is 0 Å². The topological polar surface area (TPSA) is 114 Å². The minimum absolute atomic E-state index is 0.0246. The van der Waals surface area contributed by atoms with Crippen molar-refractivity contribution in [3.63, 3.8) is 0 Å². The summed E-state index contributed by atoms with van der Waals surface area (Å²) in [6, 6.07) is 14.3. The molecule has 1 amide bonds. The molecule has 1 aliphatic heterocycles. The summed E-state index contributed by atoms with van der Waals surface area (Å²) >= 11 is 6.05. The molecule has 1 unspecified atom stereocenters. The molecule has 2 aromatic carbocycles. The van der Waals surface area contributed by atoms with Crippen LogP contribution in [0.1, 0.15) is 45.7 Å². The van der Waals surface area contributed by atoms with Crippen molar-refractivity contribution in [2.24, 2.45) is 0 Å². The van der Waals surface area contributed by atoms with Gasteiger partial charge in [0.25, 0.3) is 5.91 Å². The Balaban J connectivity index is 1.34. The van der Waals surface area contributed by atoms with Gasteiger partial charge in [0, 0.05) is 35.0 Å². The van der Waals surface area contributed by atoms with Gasteiger partial charge >= 0.3 is 0 Å². The number of rotatable bonds is 7. The van der Waals surface area contributed by atoms with Gasteiger partial charge in [0.05, 0.1) is 25.3 Å². The highest BCUT2D eigenvalue weighted by Crippen LogP contribution is 2.33. The number of nitrogens with zero attached hydrogens (tertiary/aromatic N) is 4. The number of aryl methyl sites for hydroxylation is 1. The Morgan fingerprint density at radius 2 is 2.11 bits per heavy atom. The van der Waals surface area contributed by atoms with Crippen molar-refractivity contribution < 1.29 is 14.6 Å².